The highest BCUT2D eigenvalue weighted by atomic mass is 32.2. The molecule has 3 unspecified atom stereocenters. The van der Waals surface area contributed by atoms with Gasteiger partial charge in [0.1, 0.15) is 4.21 Å². The van der Waals surface area contributed by atoms with Gasteiger partial charge in [0.05, 0.1) is 6.04 Å². The Morgan fingerprint density at radius 2 is 2.22 bits per heavy atom. The number of hydrogen-bond donors (Lipinski definition) is 3. The van der Waals surface area contributed by atoms with Gasteiger partial charge in [-0.2, -0.15) is 0 Å². The Kier molecular flexibility index (Phi) is 6.19. The lowest BCUT2D eigenvalue weighted by Crippen LogP contribution is -2.58. The van der Waals surface area contributed by atoms with Gasteiger partial charge < -0.3 is 10.6 Å². The number of carbonyl (C=O) groups excluding carboxylic acids is 2. The summed E-state index contributed by atoms with van der Waals surface area (Å²) in [6.07, 6.45) is 1.44. The maximum atomic E-state index is 12.5. The zero-order valence-electron chi connectivity index (χ0n) is 15.5. The molecule has 1 aromatic rings. The topological polar surface area (TPSA) is 108 Å². The van der Waals surface area contributed by atoms with E-state index in [9.17, 15) is 18.0 Å². The maximum absolute atomic E-state index is 12.5. The standard InChI is InChI=1S/C17H26N4O4S2/c1-11(2)19-15(22)6-5-13-9-18-17(23)14-8-12(10-21(13)14)20-27(24,25)16-4-3-7-26-16/h3-4,7,11-14,20H,5-6,8-10H2,1-2H3,(H,18,23)(H,19,22). The number of piperazine rings is 1. The molecule has 0 spiro atoms. The van der Waals surface area contributed by atoms with Crippen molar-refractivity contribution in [2.75, 3.05) is 13.1 Å². The van der Waals surface area contributed by atoms with Crippen LogP contribution in [-0.4, -0.2) is 62.4 Å². The summed E-state index contributed by atoms with van der Waals surface area (Å²) in [6.45, 7) is 4.78. The predicted molar refractivity (Wildman–Crippen MR) is 103 cm³/mol. The summed E-state index contributed by atoms with van der Waals surface area (Å²) >= 11 is 1.17. The van der Waals surface area contributed by atoms with Gasteiger partial charge >= 0.3 is 0 Å². The molecule has 0 aliphatic carbocycles. The second-order valence-corrected chi connectivity index (χ2v) is 10.2. The third-order valence-corrected chi connectivity index (χ3v) is 7.78. The molecule has 2 amide bonds. The number of rotatable bonds is 7. The second-order valence-electron chi connectivity index (χ2n) is 7.36. The average molecular weight is 415 g/mol. The van der Waals surface area contributed by atoms with E-state index in [-0.39, 0.29) is 40.2 Å². The third-order valence-electron chi connectivity index (χ3n) is 4.86. The Morgan fingerprint density at radius 1 is 1.44 bits per heavy atom. The second kappa shape index (κ2) is 8.26. The van der Waals surface area contributed by atoms with E-state index < -0.39 is 10.0 Å². The molecule has 3 atom stereocenters. The molecule has 1 aromatic heterocycles. The molecule has 2 aliphatic heterocycles. The minimum absolute atomic E-state index is 0.00686. The van der Waals surface area contributed by atoms with Crippen molar-refractivity contribution in [2.45, 2.75) is 61.5 Å². The van der Waals surface area contributed by atoms with Crippen LogP contribution < -0.4 is 15.4 Å². The summed E-state index contributed by atoms with van der Waals surface area (Å²) in [6, 6.07) is 2.72. The van der Waals surface area contributed by atoms with Crippen LogP contribution in [0.15, 0.2) is 21.7 Å². The van der Waals surface area contributed by atoms with E-state index in [2.05, 4.69) is 15.4 Å². The van der Waals surface area contributed by atoms with Crippen LogP contribution in [0.1, 0.15) is 33.1 Å². The molecule has 2 aliphatic rings. The van der Waals surface area contributed by atoms with Crippen LogP contribution >= 0.6 is 11.3 Å². The fourth-order valence-corrected chi connectivity index (χ4v) is 5.96. The zero-order valence-corrected chi connectivity index (χ0v) is 17.1. The van der Waals surface area contributed by atoms with Crippen molar-refractivity contribution in [2.24, 2.45) is 0 Å². The first-order valence-electron chi connectivity index (χ1n) is 9.15. The molecule has 0 saturated carbocycles. The number of amides is 2. The first-order chi connectivity index (χ1) is 12.8. The molecule has 27 heavy (non-hydrogen) atoms. The molecular weight excluding hydrogens is 388 g/mol. The van der Waals surface area contributed by atoms with E-state index in [1.807, 2.05) is 18.7 Å². The van der Waals surface area contributed by atoms with Gasteiger partial charge in [0.25, 0.3) is 0 Å². The Balaban J connectivity index is 1.62. The molecule has 0 radical (unpaired) electrons. The van der Waals surface area contributed by atoms with E-state index in [0.717, 1.165) is 0 Å². The number of hydrogen-bond acceptors (Lipinski definition) is 6. The number of sulfonamides is 1. The molecule has 0 bridgehead atoms. The van der Waals surface area contributed by atoms with Gasteiger partial charge in [-0.3, -0.25) is 14.5 Å². The summed E-state index contributed by atoms with van der Waals surface area (Å²) in [5.41, 5.74) is 0. The highest BCUT2D eigenvalue weighted by Gasteiger charge is 2.44. The minimum Gasteiger partial charge on any atom is -0.354 e. The molecule has 150 valence electrons. The molecule has 3 N–H and O–H groups in total. The van der Waals surface area contributed by atoms with Crippen molar-refractivity contribution in [3.8, 4) is 0 Å². The third kappa shape index (κ3) is 4.87. The van der Waals surface area contributed by atoms with Gasteiger partial charge in [0.2, 0.25) is 21.8 Å². The maximum Gasteiger partial charge on any atom is 0.250 e. The molecule has 3 heterocycles. The van der Waals surface area contributed by atoms with Crippen molar-refractivity contribution in [3.05, 3.63) is 17.5 Å². The summed E-state index contributed by atoms with van der Waals surface area (Å²) in [4.78, 5) is 26.2. The monoisotopic (exact) mass is 414 g/mol. The van der Waals surface area contributed by atoms with Crippen molar-refractivity contribution < 1.29 is 18.0 Å². The highest BCUT2D eigenvalue weighted by molar-refractivity contribution is 7.91. The number of fused-ring (bicyclic) bond motifs is 1. The molecule has 8 nitrogen and oxygen atoms in total. The highest BCUT2D eigenvalue weighted by Crippen LogP contribution is 2.27. The number of nitrogens with one attached hydrogen (secondary N) is 3. The Bertz CT molecular complexity index is 779. The van der Waals surface area contributed by atoms with Crippen LogP contribution in [0.3, 0.4) is 0 Å². The van der Waals surface area contributed by atoms with Gasteiger partial charge in [-0.1, -0.05) is 6.07 Å². The number of nitrogens with zero attached hydrogens (tertiary/aromatic N) is 1. The lowest BCUT2D eigenvalue weighted by Gasteiger charge is -2.37. The molecule has 3 rings (SSSR count). The van der Waals surface area contributed by atoms with Crippen LogP contribution in [0.5, 0.6) is 0 Å². The molecule has 0 aromatic carbocycles. The average Bonchev–Trinajstić information content (AvgIpc) is 3.23. The van der Waals surface area contributed by atoms with Crippen LogP contribution in [-0.2, 0) is 19.6 Å². The van der Waals surface area contributed by atoms with E-state index >= 15 is 0 Å². The first-order valence-corrected chi connectivity index (χ1v) is 11.5. The van der Waals surface area contributed by atoms with E-state index in [1.54, 1.807) is 17.5 Å². The lowest BCUT2D eigenvalue weighted by molar-refractivity contribution is -0.129. The van der Waals surface area contributed by atoms with Gasteiger partial charge in [-0.05, 0) is 38.1 Å². The largest absolute Gasteiger partial charge is 0.354 e. The fraction of sp³-hybridized carbons (Fsp3) is 0.647. The van der Waals surface area contributed by atoms with Gasteiger partial charge in [0, 0.05) is 37.6 Å². The number of carbonyl (C=O) groups is 2. The quantitative estimate of drug-likeness (QED) is 0.594. The van der Waals surface area contributed by atoms with E-state index in [4.69, 9.17) is 0 Å². The predicted octanol–water partition coefficient (Wildman–Crippen LogP) is 0.273. The minimum atomic E-state index is -3.57. The van der Waals surface area contributed by atoms with E-state index in [1.165, 1.54) is 11.3 Å². The van der Waals surface area contributed by atoms with Crippen molar-refractivity contribution in [1.29, 1.82) is 0 Å². The summed E-state index contributed by atoms with van der Waals surface area (Å²) < 4.78 is 27.9. The molecule has 10 heteroatoms. The van der Waals surface area contributed by atoms with Crippen LogP contribution in [0, 0.1) is 0 Å². The van der Waals surface area contributed by atoms with E-state index in [0.29, 0.717) is 32.4 Å². The smallest absolute Gasteiger partial charge is 0.250 e. The van der Waals surface area contributed by atoms with Gasteiger partial charge in [0.15, 0.2) is 0 Å². The molecule has 2 fully saturated rings. The van der Waals surface area contributed by atoms with Crippen molar-refractivity contribution in [3.63, 3.8) is 0 Å². The SMILES string of the molecule is CC(C)NC(=O)CCC1CNC(=O)C2CC(NS(=O)(=O)c3cccs3)CN12. The Labute approximate surface area is 163 Å². The van der Waals surface area contributed by atoms with Crippen molar-refractivity contribution in [1.82, 2.24) is 20.3 Å². The number of thiophene rings is 1. The normalized spacial score (nSPS) is 26.0. The van der Waals surface area contributed by atoms with Gasteiger partial charge in [-0.15, -0.1) is 11.3 Å². The summed E-state index contributed by atoms with van der Waals surface area (Å²) in [5.74, 6) is -0.0803. The van der Waals surface area contributed by atoms with Crippen LogP contribution in [0.4, 0.5) is 0 Å². The van der Waals surface area contributed by atoms with Gasteiger partial charge in [-0.25, -0.2) is 13.1 Å². The van der Waals surface area contributed by atoms with Crippen molar-refractivity contribution >= 4 is 33.2 Å². The Hall–Kier alpha value is -1.49. The molecular formula is C17H26N4O4S2. The lowest BCUT2D eigenvalue weighted by atomic mass is 10.0. The first kappa shape index (κ1) is 20.2. The molecule has 2 saturated heterocycles. The Morgan fingerprint density at radius 3 is 2.89 bits per heavy atom. The summed E-state index contributed by atoms with van der Waals surface area (Å²) in [5, 5.41) is 7.48. The zero-order chi connectivity index (χ0) is 19.6. The fourth-order valence-electron chi connectivity index (χ4n) is 3.71. The summed E-state index contributed by atoms with van der Waals surface area (Å²) in [7, 11) is -3.57. The van der Waals surface area contributed by atoms with Crippen LogP contribution in [0.25, 0.3) is 0 Å². The van der Waals surface area contributed by atoms with Crippen LogP contribution in [0.2, 0.25) is 0 Å².